The molecular formula is C38H41Cl3F6N4O12. The van der Waals surface area contributed by atoms with Crippen molar-refractivity contribution in [2.24, 2.45) is 0 Å². The Bertz CT molecular complexity index is 1990. The Morgan fingerprint density at radius 1 is 0.667 bits per heavy atom. The van der Waals surface area contributed by atoms with Crippen LogP contribution >= 0.6 is 34.8 Å². The highest BCUT2D eigenvalue weighted by Gasteiger charge is 2.50. The van der Waals surface area contributed by atoms with Crippen molar-refractivity contribution in [1.29, 1.82) is 0 Å². The summed E-state index contributed by atoms with van der Waals surface area (Å²) in [6.45, 7) is -3.01. The summed E-state index contributed by atoms with van der Waals surface area (Å²) in [5.41, 5.74) is -1.35. The number of carbonyl (C=O) groups excluding carboxylic acids is 7. The van der Waals surface area contributed by atoms with E-state index in [0.29, 0.717) is 53.3 Å². The zero-order chi connectivity index (χ0) is 47.8. The molecule has 25 heteroatoms. The number of carbonyl (C=O) groups is 8. The summed E-state index contributed by atoms with van der Waals surface area (Å²) < 4.78 is 84.3. The van der Waals surface area contributed by atoms with Gasteiger partial charge in [0.2, 0.25) is 6.79 Å². The first-order valence-electron chi connectivity index (χ1n) is 18.4. The van der Waals surface area contributed by atoms with Crippen LogP contribution in [0, 0.1) is 0 Å². The van der Waals surface area contributed by atoms with Crippen LogP contribution in [0.2, 0.25) is 10.0 Å². The molecule has 4 amide bonds. The fraction of sp³-hybridized carbons (Fsp3) is 0.474. The molecule has 0 aliphatic heterocycles. The van der Waals surface area contributed by atoms with Crippen molar-refractivity contribution in [2.45, 2.75) is 74.8 Å². The number of ketones is 2. The van der Waals surface area contributed by atoms with Gasteiger partial charge in [0.25, 0.3) is 0 Å². The van der Waals surface area contributed by atoms with Crippen LogP contribution in [0.15, 0.2) is 48.5 Å². The summed E-state index contributed by atoms with van der Waals surface area (Å²) in [6.07, 6.45) is -7.31. The molecule has 0 aromatic heterocycles. The smallest absolute Gasteiger partial charge is 0.471 e. The summed E-state index contributed by atoms with van der Waals surface area (Å²) in [5.74, 6) is -7.57. The fourth-order valence-electron chi connectivity index (χ4n) is 6.52. The van der Waals surface area contributed by atoms with Crippen LogP contribution in [0.1, 0.15) is 62.5 Å². The first-order chi connectivity index (χ1) is 29.4. The van der Waals surface area contributed by atoms with Gasteiger partial charge in [-0.05, 0) is 50.7 Å². The Balaban J connectivity index is 0.000000366. The second-order valence-corrected chi connectivity index (χ2v) is 14.4. The summed E-state index contributed by atoms with van der Waals surface area (Å²) in [4.78, 5) is 94.3. The molecule has 2 aliphatic rings. The van der Waals surface area contributed by atoms with Gasteiger partial charge in [0.15, 0.2) is 17.6 Å². The van der Waals surface area contributed by atoms with E-state index >= 15 is 0 Å². The lowest BCUT2D eigenvalue weighted by Gasteiger charge is -2.43. The minimum Gasteiger partial charge on any atom is -0.480 e. The number of alkyl halides is 7. The van der Waals surface area contributed by atoms with Gasteiger partial charge in [0, 0.05) is 48.1 Å². The first-order valence-corrected chi connectivity index (χ1v) is 19.7. The molecule has 2 saturated carbocycles. The van der Waals surface area contributed by atoms with Gasteiger partial charge in [0.1, 0.15) is 24.2 Å². The van der Waals surface area contributed by atoms with Gasteiger partial charge < -0.3 is 30.0 Å². The van der Waals surface area contributed by atoms with Gasteiger partial charge in [-0.25, -0.2) is 9.59 Å². The maximum Gasteiger partial charge on any atom is 0.471 e. The van der Waals surface area contributed by atoms with Crippen LogP contribution < -0.4 is 10.6 Å². The lowest BCUT2D eigenvalue weighted by molar-refractivity contribution is -0.175. The number of esters is 1. The zero-order valence-electron chi connectivity index (χ0n) is 33.3. The van der Waals surface area contributed by atoms with E-state index in [-0.39, 0.29) is 24.1 Å². The number of likely N-dealkylation sites (N-methyl/N-ethyl adjacent to an activating group) is 2. The molecule has 2 aliphatic carbocycles. The molecule has 2 aromatic carbocycles. The number of carboxylic acids is 1. The van der Waals surface area contributed by atoms with Crippen molar-refractivity contribution < 1.29 is 84.0 Å². The molecule has 2 atom stereocenters. The summed E-state index contributed by atoms with van der Waals surface area (Å²) >= 11 is 18.0. The Hall–Kier alpha value is -5.35. The highest BCUT2D eigenvalue weighted by Crippen LogP contribution is 2.44. The van der Waals surface area contributed by atoms with Crippen LogP contribution in [0.3, 0.4) is 0 Å². The molecule has 63 heavy (non-hydrogen) atoms. The molecule has 0 radical (unpaired) electrons. The lowest BCUT2D eigenvalue weighted by atomic mass is 9.74. The number of Topliss-reactive ketones (excluding diaryl/α,β-unsaturated/α-hetero) is 2. The standard InChI is InChI=1S/C19H20ClF3N2O6.C15H17Cl2NO3.C4H4F3NO3/c1-25(17(29)31-11-30-15(27)10-24-16(28)19(21,22)23)18(9-5-4-8-14(18)26)12-6-2-3-7-13(12)20;1-18(14(20)21-10-16)15(9-5-4-8-13(15)19)11-6-2-3-7-12(11)17;5-4(6,7)3(11)8-1-2(9)10/h2-3,6-7H,4-5,8-11H2,1H3,(H,24,28);2-3,6-7H,4-5,8-10H2,1H3;1H2,(H,8,11)(H,9,10)/t18-;15-;/m00./s1. The zero-order valence-corrected chi connectivity index (χ0v) is 35.6. The van der Waals surface area contributed by atoms with Crippen LogP contribution in [-0.4, -0.2) is 115 Å². The minimum absolute atomic E-state index is 0.0177. The molecule has 0 unspecified atom stereocenters. The van der Waals surface area contributed by atoms with Gasteiger partial charge in [-0.1, -0.05) is 71.2 Å². The fourth-order valence-corrected chi connectivity index (χ4v) is 7.19. The van der Waals surface area contributed by atoms with Crippen molar-refractivity contribution in [3.63, 3.8) is 0 Å². The third-order valence-corrected chi connectivity index (χ3v) is 10.3. The molecule has 0 spiro atoms. The van der Waals surface area contributed by atoms with E-state index in [2.05, 4.69) is 4.74 Å². The molecule has 4 rings (SSSR count). The second kappa shape index (κ2) is 23.9. The van der Waals surface area contributed by atoms with E-state index in [4.69, 9.17) is 49.4 Å². The number of nitrogens with one attached hydrogen (secondary N) is 2. The van der Waals surface area contributed by atoms with Crippen molar-refractivity contribution in [3.8, 4) is 0 Å². The normalized spacial score (nSPS) is 18.5. The number of halogens is 9. The summed E-state index contributed by atoms with van der Waals surface area (Å²) in [6, 6.07) is 13.5. The number of aliphatic carboxylic acids is 1. The number of nitrogens with zero attached hydrogens (tertiary/aromatic N) is 2. The SMILES string of the molecule is CN(C(=O)OCCl)[C@]1(c2ccccc2Cl)CCCCC1=O.CN(C(=O)OCOC(=O)CNC(=O)C(F)(F)F)[C@]1(c2ccccc2Cl)CCCCC1=O.O=C(O)CNC(=O)C(F)(F)F. The Kier molecular flexibility index (Phi) is 20.4. The highest BCUT2D eigenvalue weighted by molar-refractivity contribution is 6.32. The van der Waals surface area contributed by atoms with Gasteiger partial charge in [-0.2, -0.15) is 26.3 Å². The molecule has 2 aromatic rings. The number of ether oxygens (including phenoxy) is 3. The third kappa shape index (κ3) is 14.6. The quantitative estimate of drug-likeness (QED) is 0.0938. The van der Waals surface area contributed by atoms with Crippen LogP contribution in [0.25, 0.3) is 0 Å². The van der Waals surface area contributed by atoms with E-state index in [1.165, 1.54) is 17.3 Å². The number of carboxylic acid groups (broad SMARTS) is 1. The maximum absolute atomic E-state index is 12.9. The predicted octanol–water partition coefficient (Wildman–Crippen LogP) is 6.62. The van der Waals surface area contributed by atoms with Gasteiger partial charge >= 0.3 is 48.3 Å². The highest BCUT2D eigenvalue weighted by atomic mass is 35.5. The maximum atomic E-state index is 12.9. The van der Waals surface area contributed by atoms with Crippen molar-refractivity contribution in [3.05, 3.63) is 69.7 Å². The minimum atomic E-state index is -5.14. The largest absolute Gasteiger partial charge is 0.480 e. The number of benzene rings is 2. The molecule has 0 saturated heterocycles. The second-order valence-electron chi connectivity index (χ2n) is 13.4. The number of hydrogen-bond donors (Lipinski definition) is 3. The van der Waals surface area contributed by atoms with Crippen LogP contribution in [-0.2, 0) is 54.1 Å². The summed E-state index contributed by atoms with van der Waals surface area (Å²) in [7, 11) is 2.90. The average molecular weight is 966 g/mol. The van der Waals surface area contributed by atoms with Crippen molar-refractivity contribution in [2.75, 3.05) is 40.0 Å². The lowest BCUT2D eigenvalue weighted by Crippen LogP contribution is -2.54. The average Bonchev–Trinajstić information content (AvgIpc) is 3.22. The molecule has 2 fully saturated rings. The van der Waals surface area contributed by atoms with E-state index < -0.39 is 79.3 Å². The number of rotatable bonds is 11. The molecule has 0 bridgehead atoms. The van der Waals surface area contributed by atoms with Gasteiger partial charge in [-0.3, -0.25) is 38.6 Å². The van der Waals surface area contributed by atoms with Crippen molar-refractivity contribution in [1.82, 2.24) is 20.4 Å². The predicted molar refractivity (Wildman–Crippen MR) is 209 cm³/mol. The summed E-state index contributed by atoms with van der Waals surface area (Å²) in [5, 5.41) is 11.1. The first kappa shape index (κ1) is 53.8. The van der Waals surface area contributed by atoms with Crippen LogP contribution in [0.5, 0.6) is 0 Å². The molecule has 0 heterocycles. The van der Waals surface area contributed by atoms with Gasteiger partial charge in [-0.15, -0.1) is 0 Å². The van der Waals surface area contributed by atoms with Crippen LogP contribution in [0.4, 0.5) is 35.9 Å². The third-order valence-electron chi connectivity index (χ3n) is 9.53. The Morgan fingerprint density at radius 3 is 1.43 bits per heavy atom. The molecular weight excluding hydrogens is 925 g/mol. The van der Waals surface area contributed by atoms with E-state index in [1.54, 1.807) is 49.5 Å². The van der Waals surface area contributed by atoms with Crippen molar-refractivity contribution >= 4 is 82.3 Å². The van der Waals surface area contributed by atoms with E-state index in [0.717, 1.165) is 23.1 Å². The van der Waals surface area contributed by atoms with E-state index in [1.807, 2.05) is 6.07 Å². The number of hydrogen-bond acceptors (Lipinski definition) is 11. The molecule has 16 nitrogen and oxygen atoms in total. The van der Waals surface area contributed by atoms with E-state index in [9.17, 15) is 64.7 Å². The van der Waals surface area contributed by atoms with Gasteiger partial charge in [0.05, 0.1) is 0 Å². The molecule has 348 valence electrons. The Labute approximate surface area is 370 Å². The number of amides is 4. The Morgan fingerprint density at radius 2 is 1.06 bits per heavy atom. The monoisotopic (exact) mass is 964 g/mol. The molecule has 3 N–H and O–H groups in total. The topological polar surface area (TPSA) is 215 Å².